The number of carbonyl (C=O) groups is 2. The molecule has 2 aromatic carbocycles. The lowest BCUT2D eigenvalue weighted by Gasteiger charge is -2.30. The number of unbranched alkanes of at least 4 members (excludes halogenated alkanes) is 2. The third-order valence-corrected chi connectivity index (χ3v) is 8.83. The molecule has 0 spiro atoms. The number of carboxylic acid groups (broad SMARTS) is 1. The first-order valence-electron chi connectivity index (χ1n) is 15.6. The van der Waals surface area contributed by atoms with Crippen molar-refractivity contribution < 1.29 is 24.2 Å². The average molecular weight is 580 g/mol. The van der Waals surface area contributed by atoms with Gasteiger partial charge in [-0.15, -0.1) is 0 Å². The van der Waals surface area contributed by atoms with E-state index < -0.39 is 11.9 Å². The number of ether oxygens (including phenoxy) is 2. The summed E-state index contributed by atoms with van der Waals surface area (Å²) in [6.45, 7) is 6.07. The summed E-state index contributed by atoms with van der Waals surface area (Å²) in [4.78, 5) is 33.1. The van der Waals surface area contributed by atoms with E-state index in [1.54, 1.807) is 7.11 Å². The third kappa shape index (κ3) is 8.04. The van der Waals surface area contributed by atoms with Crippen LogP contribution in [-0.2, 0) is 22.4 Å². The summed E-state index contributed by atoms with van der Waals surface area (Å²) < 4.78 is 11.3. The van der Waals surface area contributed by atoms with Crippen LogP contribution in [0.3, 0.4) is 0 Å². The molecule has 1 amide bonds. The van der Waals surface area contributed by atoms with E-state index in [-0.39, 0.29) is 24.4 Å². The molecular weight excluding hydrogens is 530 g/mol. The zero-order chi connectivity index (χ0) is 30.1. The van der Waals surface area contributed by atoms with Crippen LogP contribution in [0.1, 0.15) is 61.6 Å². The Hall–Kier alpha value is -3.10. The molecule has 0 radical (unpaired) electrons. The standard InChI is InChI=1S/C34H49N3O5/c1-5-6-19-36(20-10-9-18-35(2)3)32(38)24-37-23-28(26-14-16-31-27(22-26)17-21-42-31)33(34(39)40)29(37)15-13-25-11-7-8-12-30(25)41-4/h7-8,11-12,14,16,22,28-29,33H,5-6,9-10,13,15,17-21,23-24H2,1-4H3,(H,39,40). The fourth-order valence-corrected chi connectivity index (χ4v) is 6.55. The normalized spacial score (nSPS) is 20.0. The predicted octanol–water partition coefficient (Wildman–Crippen LogP) is 4.70. The lowest BCUT2D eigenvalue weighted by molar-refractivity contribution is -0.143. The highest BCUT2D eigenvalue weighted by Gasteiger charge is 2.47. The Morgan fingerprint density at radius 1 is 1.07 bits per heavy atom. The molecule has 3 atom stereocenters. The van der Waals surface area contributed by atoms with Gasteiger partial charge in [-0.25, -0.2) is 0 Å². The first kappa shape index (κ1) is 31.8. The molecule has 1 N–H and O–H groups in total. The van der Waals surface area contributed by atoms with Crippen LogP contribution in [0.25, 0.3) is 0 Å². The smallest absolute Gasteiger partial charge is 0.308 e. The number of carbonyl (C=O) groups excluding carboxylic acids is 1. The highest BCUT2D eigenvalue weighted by Crippen LogP contribution is 2.41. The molecule has 0 aromatic heterocycles. The summed E-state index contributed by atoms with van der Waals surface area (Å²) in [5, 5.41) is 10.6. The van der Waals surface area contributed by atoms with Crippen molar-refractivity contribution in [3.63, 3.8) is 0 Å². The Kier molecular flexibility index (Phi) is 11.7. The number of hydrogen-bond acceptors (Lipinski definition) is 6. The largest absolute Gasteiger partial charge is 0.496 e. The minimum absolute atomic E-state index is 0.0998. The number of methoxy groups -OCH3 is 1. The number of amides is 1. The summed E-state index contributed by atoms with van der Waals surface area (Å²) in [7, 11) is 5.81. The quantitative estimate of drug-likeness (QED) is 0.289. The maximum absolute atomic E-state index is 13.8. The van der Waals surface area contributed by atoms with E-state index in [9.17, 15) is 14.7 Å². The first-order chi connectivity index (χ1) is 20.3. The molecule has 3 unspecified atom stereocenters. The fourth-order valence-electron chi connectivity index (χ4n) is 6.55. The molecule has 2 aromatic rings. The van der Waals surface area contributed by atoms with Gasteiger partial charge in [0.1, 0.15) is 11.5 Å². The minimum atomic E-state index is -0.803. The number of rotatable bonds is 16. The van der Waals surface area contributed by atoms with Gasteiger partial charge in [-0.05, 0) is 81.6 Å². The second kappa shape index (κ2) is 15.4. The van der Waals surface area contributed by atoms with Crippen molar-refractivity contribution in [2.24, 2.45) is 5.92 Å². The van der Waals surface area contributed by atoms with E-state index in [2.05, 4.69) is 36.9 Å². The van der Waals surface area contributed by atoms with Crippen molar-refractivity contribution in [3.05, 3.63) is 59.2 Å². The maximum Gasteiger partial charge on any atom is 0.308 e. The molecule has 2 aliphatic heterocycles. The van der Waals surface area contributed by atoms with Crippen molar-refractivity contribution in [1.29, 1.82) is 0 Å². The SMILES string of the molecule is CCCCN(CCCCN(C)C)C(=O)CN1CC(c2ccc3c(c2)CCO3)C(C(=O)O)C1CCc1ccccc1OC. The minimum Gasteiger partial charge on any atom is -0.496 e. The lowest BCUT2D eigenvalue weighted by Crippen LogP contribution is -2.45. The summed E-state index contributed by atoms with van der Waals surface area (Å²) in [6.07, 6.45) is 6.15. The number of benzene rings is 2. The van der Waals surface area contributed by atoms with Crippen LogP contribution in [0.4, 0.5) is 0 Å². The van der Waals surface area contributed by atoms with Gasteiger partial charge in [0.25, 0.3) is 0 Å². The van der Waals surface area contributed by atoms with Crippen molar-refractivity contribution in [2.75, 3.05) is 60.5 Å². The molecule has 2 heterocycles. The highest BCUT2D eigenvalue weighted by molar-refractivity contribution is 5.79. The van der Waals surface area contributed by atoms with Crippen molar-refractivity contribution in [3.8, 4) is 11.5 Å². The first-order valence-corrected chi connectivity index (χ1v) is 15.6. The van der Waals surface area contributed by atoms with E-state index in [4.69, 9.17) is 9.47 Å². The van der Waals surface area contributed by atoms with Crippen LogP contribution < -0.4 is 9.47 Å². The van der Waals surface area contributed by atoms with E-state index in [0.717, 1.165) is 79.9 Å². The van der Waals surface area contributed by atoms with E-state index in [0.29, 0.717) is 26.0 Å². The Morgan fingerprint density at radius 2 is 1.83 bits per heavy atom. The zero-order valence-corrected chi connectivity index (χ0v) is 25.9. The van der Waals surface area contributed by atoms with Crippen LogP contribution >= 0.6 is 0 Å². The average Bonchev–Trinajstić information content (AvgIpc) is 3.59. The Labute approximate surface area is 251 Å². The number of fused-ring (bicyclic) bond motifs is 1. The van der Waals surface area contributed by atoms with Gasteiger partial charge in [0.2, 0.25) is 5.91 Å². The van der Waals surface area contributed by atoms with Crippen LogP contribution in [0.5, 0.6) is 11.5 Å². The monoisotopic (exact) mass is 579 g/mol. The van der Waals surface area contributed by atoms with Gasteiger partial charge in [-0.1, -0.05) is 43.7 Å². The number of nitrogens with zero attached hydrogens (tertiary/aromatic N) is 3. The maximum atomic E-state index is 13.8. The molecule has 4 rings (SSSR count). The topological polar surface area (TPSA) is 82.5 Å². The third-order valence-electron chi connectivity index (χ3n) is 8.83. The van der Waals surface area contributed by atoms with Crippen molar-refractivity contribution in [2.45, 2.75) is 63.8 Å². The number of aliphatic carboxylic acids is 1. The van der Waals surface area contributed by atoms with Gasteiger partial charge in [-0.3, -0.25) is 14.5 Å². The number of aryl methyl sites for hydroxylation is 1. The molecule has 0 bridgehead atoms. The molecule has 42 heavy (non-hydrogen) atoms. The van der Waals surface area contributed by atoms with Crippen LogP contribution in [0.15, 0.2) is 42.5 Å². The Bertz CT molecular complexity index is 1190. The Morgan fingerprint density at radius 3 is 2.57 bits per heavy atom. The van der Waals surface area contributed by atoms with Gasteiger partial charge in [0.05, 0.1) is 26.2 Å². The molecule has 8 heteroatoms. The predicted molar refractivity (Wildman–Crippen MR) is 165 cm³/mol. The summed E-state index contributed by atoms with van der Waals surface area (Å²) in [5.41, 5.74) is 3.22. The molecule has 1 fully saturated rings. The van der Waals surface area contributed by atoms with E-state index in [1.165, 1.54) is 0 Å². The van der Waals surface area contributed by atoms with Crippen LogP contribution in [-0.4, -0.2) is 98.3 Å². The van der Waals surface area contributed by atoms with Gasteiger partial charge >= 0.3 is 5.97 Å². The van der Waals surface area contributed by atoms with Gasteiger partial charge in [0.15, 0.2) is 0 Å². The van der Waals surface area contributed by atoms with Crippen molar-refractivity contribution >= 4 is 11.9 Å². The molecule has 0 aliphatic carbocycles. The second-order valence-electron chi connectivity index (χ2n) is 12.0. The number of para-hydroxylation sites is 1. The van der Waals surface area contributed by atoms with Crippen molar-refractivity contribution in [1.82, 2.24) is 14.7 Å². The molecule has 1 saturated heterocycles. The second-order valence-corrected chi connectivity index (χ2v) is 12.0. The molecule has 2 aliphatic rings. The molecular formula is C34H49N3O5. The lowest BCUT2D eigenvalue weighted by atomic mass is 9.83. The van der Waals surface area contributed by atoms with E-state index in [1.807, 2.05) is 41.3 Å². The van der Waals surface area contributed by atoms with Gasteiger partial charge < -0.3 is 24.4 Å². The molecule has 230 valence electrons. The van der Waals surface area contributed by atoms with Crippen LogP contribution in [0, 0.1) is 5.92 Å². The van der Waals surface area contributed by atoms with E-state index >= 15 is 0 Å². The Balaban J connectivity index is 1.57. The summed E-state index contributed by atoms with van der Waals surface area (Å²) in [5.74, 6) is 0.184. The summed E-state index contributed by atoms with van der Waals surface area (Å²) >= 11 is 0. The fraction of sp³-hybridized carbons (Fsp3) is 0.588. The molecule has 0 saturated carbocycles. The zero-order valence-electron chi connectivity index (χ0n) is 25.9. The number of carboxylic acids is 1. The van der Waals surface area contributed by atoms with Gasteiger partial charge in [0, 0.05) is 38.0 Å². The number of hydrogen-bond donors (Lipinski definition) is 1. The van der Waals surface area contributed by atoms with Gasteiger partial charge in [-0.2, -0.15) is 0 Å². The summed E-state index contributed by atoms with van der Waals surface area (Å²) in [6, 6.07) is 13.8. The highest BCUT2D eigenvalue weighted by atomic mass is 16.5. The molecule has 8 nitrogen and oxygen atoms in total. The van der Waals surface area contributed by atoms with Crippen LogP contribution in [0.2, 0.25) is 0 Å². The number of likely N-dealkylation sites (tertiary alicyclic amines) is 1.